The summed E-state index contributed by atoms with van der Waals surface area (Å²) in [7, 11) is 0. The first-order chi connectivity index (χ1) is 18.5. The Morgan fingerprint density at radius 2 is 1.90 bits per heavy atom. The minimum absolute atomic E-state index is 0.00623. The lowest BCUT2D eigenvalue weighted by Gasteiger charge is -2.42. The molecule has 4 aliphatic rings. The Kier molecular flexibility index (Phi) is 9.19. The van der Waals surface area contributed by atoms with Crippen LogP contribution in [0, 0.1) is 35.2 Å². The van der Waals surface area contributed by atoms with E-state index < -0.39 is 12.2 Å². The molecule has 4 aliphatic carbocycles. The lowest BCUT2D eigenvalue weighted by molar-refractivity contribution is 0.107. The number of hydrogen-bond donors (Lipinski definition) is 2. The molecule has 2 N–H and O–H groups in total. The Balaban J connectivity index is 1.49. The molecule has 4 rings (SSSR count). The highest BCUT2D eigenvalue weighted by atomic mass is 16.3. The van der Waals surface area contributed by atoms with Gasteiger partial charge in [-0.05, 0) is 81.6 Å². The number of fused-ring (bicyclic) bond motifs is 1. The molecule has 0 saturated heterocycles. The Labute approximate surface area is 238 Å². The highest BCUT2D eigenvalue weighted by Crippen LogP contribution is 2.63. The molecule has 214 valence electrons. The molecule has 0 aromatic carbocycles. The van der Waals surface area contributed by atoms with Crippen molar-refractivity contribution < 1.29 is 10.2 Å². The van der Waals surface area contributed by atoms with Crippen LogP contribution in [0.1, 0.15) is 111 Å². The van der Waals surface area contributed by atoms with Gasteiger partial charge in [-0.25, -0.2) is 0 Å². The van der Waals surface area contributed by atoms with E-state index in [1.807, 2.05) is 6.08 Å². The predicted molar refractivity (Wildman–Crippen MR) is 165 cm³/mol. The molecule has 0 radical (unpaired) electrons. The fourth-order valence-corrected chi connectivity index (χ4v) is 8.49. The summed E-state index contributed by atoms with van der Waals surface area (Å²) in [6.45, 7) is 23.8. The Morgan fingerprint density at radius 3 is 2.54 bits per heavy atom. The van der Waals surface area contributed by atoms with Gasteiger partial charge in [0, 0.05) is 11.8 Å². The van der Waals surface area contributed by atoms with E-state index in [-0.39, 0.29) is 22.3 Å². The third-order valence-electron chi connectivity index (χ3n) is 11.5. The zero-order valence-corrected chi connectivity index (χ0v) is 25.2. The maximum Gasteiger partial charge on any atom is 0.292 e. The minimum atomic E-state index is -0.480. The van der Waals surface area contributed by atoms with Gasteiger partial charge in [0.25, 0.3) is 12.1 Å². The summed E-state index contributed by atoms with van der Waals surface area (Å²) in [4.78, 5) is 4.69. The molecule has 7 atom stereocenters. The predicted octanol–water partition coefficient (Wildman–Crippen LogP) is 8.96. The van der Waals surface area contributed by atoms with Crippen molar-refractivity contribution >= 4 is 0 Å². The molecule has 7 unspecified atom stereocenters. The number of hydrogen-bond acceptors (Lipinski definition) is 2. The first-order valence-corrected chi connectivity index (χ1v) is 15.8. The van der Waals surface area contributed by atoms with Crippen molar-refractivity contribution in [1.82, 2.24) is 0 Å². The van der Waals surface area contributed by atoms with E-state index in [0.29, 0.717) is 18.3 Å². The van der Waals surface area contributed by atoms with Crippen molar-refractivity contribution in [2.75, 3.05) is 0 Å². The van der Waals surface area contributed by atoms with Crippen LogP contribution in [0.3, 0.4) is 0 Å². The molecule has 3 nitrogen and oxygen atoms in total. The summed E-state index contributed by atoms with van der Waals surface area (Å²) >= 11 is 0. The molecule has 0 aromatic rings. The van der Waals surface area contributed by atoms with Crippen LogP contribution in [0.15, 0.2) is 59.8 Å². The van der Waals surface area contributed by atoms with E-state index in [9.17, 15) is 10.2 Å². The number of nitrogens with zero attached hydrogens (tertiary/aromatic N) is 1. The van der Waals surface area contributed by atoms with Crippen LogP contribution >= 0.6 is 0 Å². The van der Waals surface area contributed by atoms with E-state index in [1.165, 1.54) is 36.0 Å². The smallest absolute Gasteiger partial charge is 0.292 e. The average Bonchev–Trinajstić information content (AvgIpc) is 3.67. The Bertz CT molecular complexity index is 1050. The first-order valence-electron chi connectivity index (χ1n) is 15.8. The maximum atomic E-state index is 11.3. The number of allylic oxidation sites excluding steroid dienone is 3. The maximum absolute atomic E-state index is 11.3. The second-order valence-corrected chi connectivity index (χ2v) is 13.7. The fourth-order valence-electron chi connectivity index (χ4n) is 8.49. The van der Waals surface area contributed by atoms with Gasteiger partial charge in [0.1, 0.15) is 0 Å². The number of rotatable bonds is 10. The second kappa shape index (κ2) is 11.9. The van der Waals surface area contributed by atoms with Crippen LogP contribution in [0.2, 0.25) is 0 Å². The number of aliphatic hydroxyl groups is 2. The fraction of sp³-hybridized carbons (Fsp3) is 0.694. The van der Waals surface area contributed by atoms with Gasteiger partial charge >= 0.3 is 0 Å². The van der Waals surface area contributed by atoms with Gasteiger partial charge in [-0.1, -0.05) is 99.6 Å². The van der Waals surface area contributed by atoms with Gasteiger partial charge in [-0.2, -0.15) is 0 Å². The van der Waals surface area contributed by atoms with E-state index in [2.05, 4.69) is 59.1 Å². The molecule has 0 aliphatic heterocycles. The Morgan fingerprint density at radius 1 is 1.15 bits per heavy atom. The normalized spacial score (nSPS) is 37.6. The van der Waals surface area contributed by atoms with E-state index in [0.717, 1.165) is 63.4 Å². The zero-order chi connectivity index (χ0) is 28.4. The van der Waals surface area contributed by atoms with Gasteiger partial charge in [0.15, 0.2) is 0 Å². The number of unbranched alkanes of at least 4 members (excludes halogenated alkanes) is 2. The van der Waals surface area contributed by atoms with Crippen LogP contribution in [0.25, 0.3) is 4.85 Å². The van der Waals surface area contributed by atoms with Crippen molar-refractivity contribution in [2.24, 2.45) is 28.6 Å². The van der Waals surface area contributed by atoms with Crippen LogP contribution in [0.5, 0.6) is 0 Å². The zero-order valence-electron chi connectivity index (χ0n) is 25.2. The highest BCUT2D eigenvalue weighted by molar-refractivity contribution is 5.34. The van der Waals surface area contributed by atoms with E-state index >= 15 is 0 Å². The van der Waals surface area contributed by atoms with Crippen LogP contribution in [-0.2, 0) is 0 Å². The molecular weight excluding hydrogens is 478 g/mol. The molecule has 0 spiro atoms. The van der Waals surface area contributed by atoms with Crippen LogP contribution in [0.4, 0.5) is 0 Å². The van der Waals surface area contributed by atoms with Crippen molar-refractivity contribution in [1.29, 1.82) is 0 Å². The van der Waals surface area contributed by atoms with Crippen LogP contribution in [-0.4, -0.2) is 28.0 Å². The van der Waals surface area contributed by atoms with E-state index in [1.54, 1.807) is 0 Å². The largest absolute Gasteiger partial charge is 0.388 e. The van der Waals surface area contributed by atoms with Crippen LogP contribution < -0.4 is 0 Å². The standard InChI is InChI=1S/C36H54NO2/c1-8-9-10-12-26(3)35(21-22-35)33(39)17-14-27(4)36(37-7)20-18-31-30(13-11-19-34(31,36)6)16-15-29-23-25(2)28(5)32(38)24-29/h7,14-17,25,27,31-33,38-39H,3,5,8-13,18-24H2,1-2,4,6H3/q+1. The van der Waals surface area contributed by atoms with Gasteiger partial charge < -0.3 is 10.2 Å². The lowest BCUT2D eigenvalue weighted by Crippen LogP contribution is -2.48. The lowest BCUT2D eigenvalue weighted by atomic mass is 9.57. The van der Waals surface area contributed by atoms with Crippen molar-refractivity contribution in [2.45, 2.75) is 129 Å². The molecule has 4 fully saturated rings. The van der Waals surface area contributed by atoms with Gasteiger partial charge in [-0.15, -0.1) is 0 Å². The summed E-state index contributed by atoms with van der Waals surface area (Å²) in [5, 5.41) is 21.7. The SMILES string of the molecule is C#[N+]C1(C(C)C=CC(O)C2(C(=C)CCCCC)CC2)CCC2C(=CC=C3CC(C)C(=C)C(O)C3)CCCC21C. The molecule has 4 saturated carbocycles. The monoisotopic (exact) mass is 532 g/mol. The van der Waals surface area contributed by atoms with E-state index in [4.69, 9.17) is 11.4 Å². The summed E-state index contributed by atoms with van der Waals surface area (Å²) in [6, 6.07) is 0. The summed E-state index contributed by atoms with van der Waals surface area (Å²) in [5.74, 6) is 0.941. The van der Waals surface area contributed by atoms with Gasteiger partial charge in [-0.3, -0.25) is 0 Å². The third-order valence-corrected chi connectivity index (χ3v) is 11.5. The Hall–Kier alpha value is -1.89. The molecule has 0 bridgehead atoms. The second-order valence-electron chi connectivity index (χ2n) is 13.7. The molecule has 39 heavy (non-hydrogen) atoms. The van der Waals surface area contributed by atoms with Gasteiger partial charge in [0.05, 0.1) is 23.5 Å². The quantitative estimate of drug-likeness (QED) is 0.218. The summed E-state index contributed by atoms with van der Waals surface area (Å²) in [5.41, 5.74) is 4.58. The van der Waals surface area contributed by atoms with Gasteiger partial charge in [0.2, 0.25) is 0 Å². The minimum Gasteiger partial charge on any atom is -0.388 e. The molecule has 0 aromatic heterocycles. The molecule has 0 heterocycles. The van der Waals surface area contributed by atoms with Crippen molar-refractivity contribution in [3.8, 4) is 6.57 Å². The van der Waals surface area contributed by atoms with Crippen molar-refractivity contribution in [3.05, 3.63) is 64.6 Å². The number of aliphatic hydroxyl groups excluding tert-OH is 2. The van der Waals surface area contributed by atoms with Crippen molar-refractivity contribution in [3.63, 3.8) is 0 Å². The molecule has 3 heteroatoms. The average molecular weight is 533 g/mol. The third kappa shape index (κ3) is 5.54. The summed E-state index contributed by atoms with van der Waals surface area (Å²) < 4.78 is 0. The molecular formula is C36H54NO2+. The summed E-state index contributed by atoms with van der Waals surface area (Å²) in [6.07, 6.45) is 21.9. The topological polar surface area (TPSA) is 44.8 Å². The first kappa shape index (κ1) is 30.1. The highest BCUT2D eigenvalue weighted by Gasteiger charge is 2.68. The molecule has 0 amide bonds.